The number of anilines is 1. The first-order chi connectivity index (χ1) is 13.5. The van der Waals surface area contributed by atoms with Crippen molar-refractivity contribution in [3.63, 3.8) is 0 Å². The van der Waals surface area contributed by atoms with Crippen molar-refractivity contribution < 1.29 is 19.1 Å². The maximum Gasteiger partial charge on any atom is 0.329 e. The smallest absolute Gasteiger partial charge is 0.329 e. The zero-order chi connectivity index (χ0) is 20.1. The molecule has 3 rings (SSSR count). The van der Waals surface area contributed by atoms with Gasteiger partial charge < -0.3 is 15.0 Å². The molecular formula is C22H24N2O4. The molecule has 0 aliphatic carbocycles. The van der Waals surface area contributed by atoms with Gasteiger partial charge in [0.05, 0.1) is 0 Å². The van der Waals surface area contributed by atoms with Crippen molar-refractivity contribution in [1.82, 2.24) is 5.32 Å². The van der Waals surface area contributed by atoms with Crippen molar-refractivity contribution >= 4 is 23.5 Å². The number of carbonyl (C=O) groups is 3. The molecule has 0 aromatic heterocycles. The molecule has 28 heavy (non-hydrogen) atoms. The predicted molar refractivity (Wildman–Crippen MR) is 106 cm³/mol. The van der Waals surface area contributed by atoms with Crippen LogP contribution in [-0.2, 0) is 20.7 Å². The van der Waals surface area contributed by atoms with Crippen molar-refractivity contribution in [2.45, 2.75) is 26.3 Å². The first-order valence-electron chi connectivity index (χ1n) is 9.38. The number of fused-ring (bicyclic) bond motifs is 1. The summed E-state index contributed by atoms with van der Waals surface area (Å²) < 4.78 is 5.25. The summed E-state index contributed by atoms with van der Waals surface area (Å²) in [6.07, 6.45) is 0.789. The molecule has 0 unspecified atom stereocenters. The number of esters is 1. The van der Waals surface area contributed by atoms with Crippen LogP contribution in [0.1, 0.15) is 29.8 Å². The Morgan fingerprint density at radius 2 is 1.71 bits per heavy atom. The highest BCUT2D eigenvalue weighted by molar-refractivity contribution is 5.99. The Hall–Kier alpha value is -3.15. The van der Waals surface area contributed by atoms with Gasteiger partial charge in [0.2, 0.25) is 0 Å². The lowest BCUT2D eigenvalue weighted by Gasteiger charge is -2.22. The Bertz CT molecular complexity index is 864. The van der Waals surface area contributed by atoms with Crippen LogP contribution in [0.15, 0.2) is 54.6 Å². The van der Waals surface area contributed by atoms with Crippen LogP contribution in [0.2, 0.25) is 0 Å². The zero-order valence-electron chi connectivity index (χ0n) is 16.1. The van der Waals surface area contributed by atoms with Gasteiger partial charge in [0.15, 0.2) is 6.61 Å². The molecule has 2 aromatic carbocycles. The molecule has 2 amide bonds. The second kappa shape index (κ2) is 8.69. The Balaban J connectivity index is 1.59. The van der Waals surface area contributed by atoms with E-state index in [-0.39, 0.29) is 24.3 Å². The largest absolute Gasteiger partial charge is 0.454 e. The van der Waals surface area contributed by atoms with Gasteiger partial charge in [-0.05, 0) is 36.1 Å². The number of ether oxygens (including phenoxy) is 1. The van der Waals surface area contributed by atoms with Crippen LogP contribution in [0.4, 0.5) is 5.69 Å². The summed E-state index contributed by atoms with van der Waals surface area (Å²) in [5, 5.41) is 2.70. The third-order valence-corrected chi connectivity index (χ3v) is 4.77. The number of hydrogen-bond acceptors (Lipinski definition) is 4. The number of para-hydroxylation sites is 1. The third-order valence-electron chi connectivity index (χ3n) is 4.77. The standard InChI is InChI=1S/C22H24N2O4/c1-15(2)20(23-21(26)17-9-4-3-5-10-17)22(27)28-14-19(25)24-13-12-16-8-6-7-11-18(16)24/h3-11,15,20H,12-14H2,1-2H3,(H,23,26)/t20-/m1/s1. The van der Waals surface area contributed by atoms with Gasteiger partial charge in [-0.3, -0.25) is 9.59 Å². The monoisotopic (exact) mass is 380 g/mol. The van der Waals surface area contributed by atoms with E-state index in [9.17, 15) is 14.4 Å². The van der Waals surface area contributed by atoms with E-state index in [2.05, 4.69) is 5.32 Å². The van der Waals surface area contributed by atoms with Crippen molar-refractivity contribution in [1.29, 1.82) is 0 Å². The van der Waals surface area contributed by atoms with Crippen LogP contribution in [0.5, 0.6) is 0 Å². The highest BCUT2D eigenvalue weighted by Gasteiger charge is 2.29. The van der Waals surface area contributed by atoms with E-state index >= 15 is 0 Å². The molecule has 0 bridgehead atoms. The maximum absolute atomic E-state index is 12.5. The minimum absolute atomic E-state index is 0.178. The molecule has 1 heterocycles. The van der Waals surface area contributed by atoms with Crippen LogP contribution in [0.3, 0.4) is 0 Å². The number of carbonyl (C=O) groups excluding carboxylic acids is 3. The molecule has 146 valence electrons. The van der Waals surface area contributed by atoms with Gasteiger partial charge in [0.25, 0.3) is 11.8 Å². The Labute approximate surface area is 164 Å². The second-order valence-corrected chi connectivity index (χ2v) is 7.09. The minimum Gasteiger partial charge on any atom is -0.454 e. The van der Waals surface area contributed by atoms with Gasteiger partial charge in [0.1, 0.15) is 6.04 Å². The van der Waals surface area contributed by atoms with E-state index in [0.29, 0.717) is 12.1 Å². The molecule has 0 saturated heterocycles. The Morgan fingerprint density at radius 3 is 2.43 bits per heavy atom. The van der Waals surface area contributed by atoms with Gasteiger partial charge in [-0.25, -0.2) is 4.79 Å². The molecule has 0 saturated carbocycles. The SMILES string of the molecule is CC(C)[C@@H](NC(=O)c1ccccc1)C(=O)OCC(=O)N1CCc2ccccc21. The molecule has 1 aliphatic heterocycles. The fourth-order valence-corrected chi connectivity index (χ4v) is 3.21. The molecule has 0 fully saturated rings. The fraction of sp³-hybridized carbons (Fsp3) is 0.318. The van der Waals surface area contributed by atoms with E-state index < -0.39 is 12.0 Å². The highest BCUT2D eigenvalue weighted by atomic mass is 16.5. The quantitative estimate of drug-likeness (QED) is 0.782. The number of nitrogens with one attached hydrogen (secondary N) is 1. The third kappa shape index (κ3) is 4.39. The molecule has 0 spiro atoms. The number of nitrogens with zero attached hydrogens (tertiary/aromatic N) is 1. The summed E-state index contributed by atoms with van der Waals surface area (Å²) in [6, 6.07) is 15.5. The zero-order valence-corrected chi connectivity index (χ0v) is 16.1. The van der Waals surface area contributed by atoms with Crippen LogP contribution in [0, 0.1) is 5.92 Å². The number of rotatable bonds is 6. The topological polar surface area (TPSA) is 75.7 Å². The van der Waals surface area contributed by atoms with Crippen molar-refractivity contribution in [2.24, 2.45) is 5.92 Å². The van der Waals surface area contributed by atoms with Crippen molar-refractivity contribution in [2.75, 3.05) is 18.1 Å². The van der Waals surface area contributed by atoms with Crippen molar-refractivity contribution in [3.05, 3.63) is 65.7 Å². The summed E-state index contributed by atoms with van der Waals surface area (Å²) >= 11 is 0. The first-order valence-corrected chi connectivity index (χ1v) is 9.38. The molecule has 6 heteroatoms. The van der Waals surface area contributed by atoms with Crippen LogP contribution >= 0.6 is 0 Å². The lowest BCUT2D eigenvalue weighted by molar-refractivity contribution is -0.150. The first kappa shape index (κ1) is 19.6. The maximum atomic E-state index is 12.5. The van der Waals surface area contributed by atoms with Crippen LogP contribution in [0.25, 0.3) is 0 Å². The fourth-order valence-electron chi connectivity index (χ4n) is 3.21. The van der Waals surface area contributed by atoms with Gasteiger partial charge in [-0.2, -0.15) is 0 Å². The normalized spacial score (nSPS) is 13.8. The molecular weight excluding hydrogens is 356 g/mol. The van der Waals surface area contributed by atoms with Gasteiger partial charge >= 0.3 is 5.97 Å². The average molecular weight is 380 g/mol. The molecule has 1 N–H and O–H groups in total. The van der Waals surface area contributed by atoms with E-state index in [0.717, 1.165) is 17.7 Å². The highest BCUT2D eigenvalue weighted by Crippen LogP contribution is 2.27. The Kier molecular flexibility index (Phi) is 6.09. The summed E-state index contributed by atoms with van der Waals surface area (Å²) in [5.74, 6) is -1.41. The Morgan fingerprint density at radius 1 is 1.04 bits per heavy atom. The number of benzene rings is 2. The molecule has 1 aliphatic rings. The molecule has 2 aromatic rings. The van der Waals surface area contributed by atoms with E-state index in [1.54, 1.807) is 29.2 Å². The number of amides is 2. The second-order valence-electron chi connectivity index (χ2n) is 7.09. The minimum atomic E-state index is -0.827. The van der Waals surface area contributed by atoms with E-state index in [4.69, 9.17) is 4.74 Å². The van der Waals surface area contributed by atoms with E-state index in [1.165, 1.54) is 0 Å². The number of hydrogen-bond donors (Lipinski definition) is 1. The average Bonchev–Trinajstić information content (AvgIpc) is 3.14. The van der Waals surface area contributed by atoms with Crippen LogP contribution in [-0.4, -0.2) is 37.0 Å². The molecule has 1 atom stereocenters. The summed E-state index contributed by atoms with van der Waals surface area (Å²) in [7, 11) is 0. The van der Waals surface area contributed by atoms with Crippen molar-refractivity contribution in [3.8, 4) is 0 Å². The lowest BCUT2D eigenvalue weighted by atomic mass is 10.0. The summed E-state index contributed by atoms with van der Waals surface area (Å²) in [5.41, 5.74) is 2.43. The summed E-state index contributed by atoms with van der Waals surface area (Å²) in [4.78, 5) is 39.0. The van der Waals surface area contributed by atoms with Gasteiger partial charge in [-0.1, -0.05) is 50.2 Å². The molecule has 0 radical (unpaired) electrons. The summed E-state index contributed by atoms with van der Waals surface area (Å²) in [6.45, 7) is 3.86. The predicted octanol–water partition coefficient (Wildman–Crippen LogP) is 2.57. The molecule has 6 nitrogen and oxygen atoms in total. The van der Waals surface area contributed by atoms with Crippen LogP contribution < -0.4 is 10.2 Å². The van der Waals surface area contributed by atoms with Gasteiger partial charge in [-0.15, -0.1) is 0 Å². The van der Waals surface area contributed by atoms with Gasteiger partial charge in [0, 0.05) is 17.8 Å². The lowest BCUT2D eigenvalue weighted by Crippen LogP contribution is -2.46. The van der Waals surface area contributed by atoms with E-state index in [1.807, 2.05) is 44.2 Å².